The zero-order chi connectivity index (χ0) is 26.3. The lowest BCUT2D eigenvalue weighted by Crippen LogP contribution is -2.30. The number of carboxylic acid groups (broad SMARTS) is 1. The molecule has 5 rings (SSSR count). The number of amides is 2. The number of halogens is 1. The van der Waals surface area contributed by atoms with Gasteiger partial charge in [0, 0.05) is 12.6 Å². The lowest BCUT2D eigenvalue weighted by molar-refractivity contribution is 0.0695. The van der Waals surface area contributed by atoms with Crippen molar-refractivity contribution in [3.63, 3.8) is 0 Å². The van der Waals surface area contributed by atoms with Crippen molar-refractivity contribution in [2.24, 2.45) is 0 Å². The Morgan fingerprint density at radius 1 is 1.14 bits per heavy atom. The molecule has 2 aromatic heterocycles. The van der Waals surface area contributed by atoms with E-state index in [4.69, 9.17) is 0 Å². The van der Waals surface area contributed by atoms with Crippen LogP contribution in [0.1, 0.15) is 71.6 Å². The van der Waals surface area contributed by atoms with E-state index in [1.165, 1.54) is 18.2 Å². The van der Waals surface area contributed by atoms with Gasteiger partial charge >= 0.3 is 5.97 Å². The number of hydrogen-bond acceptors (Lipinski definition) is 7. The fourth-order valence-electron chi connectivity index (χ4n) is 4.60. The maximum Gasteiger partial charge on any atom is 0.335 e. The monoisotopic (exact) mass is 503 g/mol. The summed E-state index contributed by atoms with van der Waals surface area (Å²) < 4.78 is 14.7. The van der Waals surface area contributed by atoms with Gasteiger partial charge in [0.1, 0.15) is 17.2 Å². The number of benzene rings is 2. The summed E-state index contributed by atoms with van der Waals surface area (Å²) in [5, 5.41) is 26.2. The molecule has 0 bridgehead atoms. The Bertz CT molecular complexity index is 1580. The van der Waals surface area contributed by atoms with Crippen molar-refractivity contribution in [1.82, 2.24) is 35.7 Å². The van der Waals surface area contributed by atoms with E-state index in [1.807, 2.05) is 0 Å². The number of fused-ring (bicyclic) bond motifs is 2. The van der Waals surface area contributed by atoms with Crippen LogP contribution in [-0.2, 0) is 13.0 Å². The van der Waals surface area contributed by atoms with Gasteiger partial charge in [-0.25, -0.2) is 14.2 Å². The highest BCUT2D eigenvalue weighted by Crippen LogP contribution is 2.34. The number of aromatic nitrogens is 5. The normalized spacial score (nSPS) is 14.4. The zero-order valence-corrected chi connectivity index (χ0v) is 19.9. The summed E-state index contributed by atoms with van der Waals surface area (Å²) in [4.78, 5) is 41.7. The molecule has 2 heterocycles. The first-order chi connectivity index (χ1) is 17.7. The molecule has 0 spiro atoms. The molecule has 12 heteroatoms. The third kappa shape index (κ3) is 4.48. The Kier molecular flexibility index (Phi) is 6.07. The quantitative estimate of drug-likeness (QED) is 0.363. The van der Waals surface area contributed by atoms with E-state index < -0.39 is 17.8 Å². The number of rotatable bonds is 6. The predicted octanol–water partition coefficient (Wildman–Crippen LogP) is 2.32. The first-order valence-electron chi connectivity index (χ1n) is 11.5. The molecule has 1 atom stereocenters. The highest BCUT2D eigenvalue weighted by atomic mass is 19.1. The van der Waals surface area contributed by atoms with E-state index in [0.29, 0.717) is 29.5 Å². The lowest BCUT2D eigenvalue weighted by Gasteiger charge is -2.16. The number of nitrogens with one attached hydrogen (secondary N) is 2. The second-order valence-corrected chi connectivity index (χ2v) is 8.86. The van der Waals surface area contributed by atoms with Crippen molar-refractivity contribution in [3.8, 4) is 0 Å². The summed E-state index contributed by atoms with van der Waals surface area (Å²) in [6.07, 6.45) is 1.22. The molecule has 0 fully saturated rings. The van der Waals surface area contributed by atoms with Gasteiger partial charge in [-0.3, -0.25) is 9.59 Å². The van der Waals surface area contributed by atoms with E-state index in [0.717, 1.165) is 15.6 Å². The molecule has 2 aromatic carbocycles. The minimum atomic E-state index is -0.994. The molecule has 0 saturated carbocycles. The maximum absolute atomic E-state index is 13.5. The van der Waals surface area contributed by atoms with Crippen molar-refractivity contribution < 1.29 is 23.9 Å². The van der Waals surface area contributed by atoms with Crippen LogP contribution >= 0.6 is 0 Å². The standard InChI is InChI=1S/C25H22FN7O4/c1-12-9-14(3-7-18(12)26)11-27-22(34)20-10-21(33-25(29-20)30-31-32-33)23(35)28-19-8-6-15-13(2)16(24(36)37)4-5-17(15)19/h3-5,7,9-10,19H,6,8,11H2,1-2H3,(H,27,34)(H,28,35)(H,36,37)/t19-/m0/s1. The lowest BCUT2D eigenvalue weighted by atomic mass is 9.98. The number of carbonyl (C=O) groups excluding carboxylic acids is 2. The summed E-state index contributed by atoms with van der Waals surface area (Å²) in [6, 6.07) is 8.75. The molecule has 0 saturated heterocycles. The van der Waals surface area contributed by atoms with Crippen molar-refractivity contribution in [2.45, 2.75) is 39.3 Å². The Labute approximate surface area is 209 Å². The van der Waals surface area contributed by atoms with Gasteiger partial charge in [0.2, 0.25) is 0 Å². The highest BCUT2D eigenvalue weighted by molar-refractivity contribution is 5.98. The Morgan fingerprint density at radius 3 is 2.70 bits per heavy atom. The van der Waals surface area contributed by atoms with Gasteiger partial charge in [0.15, 0.2) is 0 Å². The first-order valence-corrected chi connectivity index (χ1v) is 11.5. The number of aromatic carboxylic acids is 1. The second-order valence-electron chi connectivity index (χ2n) is 8.86. The third-order valence-electron chi connectivity index (χ3n) is 6.54. The number of nitrogens with zero attached hydrogens (tertiary/aromatic N) is 5. The largest absolute Gasteiger partial charge is 0.478 e. The predicted molar refractivity (Wildman–Crippen MR) is 128 cm³/mol. The SMILES string of the molecule is Cc1cc(CNC(=O)c2cc(C(=O)N[C@H]3CCc4c3ccc(C(=O)O)c4C)n3nnnc3n2)ccc1F. The van der Waals surface area contributed by atoms with Gasteiger partial charge in [0.25, 0.3) is 17.6 Å². The van der Waals surface area contributed by atoms with Crippen LogP contribution in [0.3, 0.4) is 0 Å². The first kappa shape index (κ1) is 24.0. The van der Waals surface area contributed by atoms with Crippen molar-refractivity contribution >= 4 is 23.6 Å². The molecule has 0 radical (unpaired) electrons. The average Bonchev–Trinajstić information content (AvgIpc) is 3.51. The Balaban J connectivity index is 1.37. The van der Waals surface area contributed by atoms with Gasteiger partial charge in [-0.05, 0) is 77.1 Å². The molecule has 0 aliphatic heterocycles. The number of hydrogen-bond donors (Lipinski definition) is 3. The highest BCUT2D eigenvalue weighted by Gasteiger charge is 2.29. The van der Waals surface area contributed by atoms with Gasteiger partial charge < -0.3 is 15.7 Å². The molecule has 11 nitrogen and oxygen atoms in total. The number of aryl methyl sites for hydroxylation is 1. The van der Waals surface area contributed by atoms with Crippen LogP contribution in [0.25, 0.3) is 5.78 Å². The van der Waals surface area contributed by atoms with E-state index >= 15 is 0 Å². The van der Waals surface area contributed by atoms with Crippen molar-refractivity contribution in [3.05, 3.63) is 87.0 Å². The molecule has 188 valence electrons. The van der Waals surface area contributed by atoms with Gasteiger partial charge in [-0.2, -0.15) is 4.52 Å². The molecular weight excluding hydrogens is 481 g/mol. The van der Waals surface area contributed by atoms with Gasteiger partial charge in [-0.15, -0.1) is 0 Å². The zero-order valence-electron chi connectivity index (χ0n) is 19.9. The molecule has 3 N–H and O–H groups in total. The number of carboxylic acids is 1. The van der Waals surface area contributed by atoms with E-state index in [-0.39, 0.29) is 41.1 Å². The summed E-state index contributed by atoms with van der Waals surface area (Å²) in [7, 11) is 0. The summed E-state index contributed by atoms with van der Waals surface area (Å²) in [5.41, 5.74) is 3.81. The third-order valence-corrected chi connectivity index (χ3v) is 6.54. The topological polar surface area (TPSA) is 151 Å². The summed E-state index contributed by atoms with van der Waals surface area (Å²) in [6.45, 7) is 3.53. The number of tetrazole rings is 1. The molecule has 4 aromatic rings. The van der Waals surface area contributed by atoms with E-state index in [9.17, 15) is 23.9 Å². The molecule has 0 unspecified atom stereocenters. The Morgan fingerprint density at radius 2 is 1.95 bits per heavy atom. The molecule has 37 heavy (non-hydrogen) atoms. The van der Waals surface area contributed by atoms with Crippen molar-refractivity contribution in [2.75, 3.05) is 0 Å². The Hall–Kier alpha value is -4.74. The minimum absolute atomic E-state index is 0.0186. The van der Waals surface area contributed by atoms with Crippen LogP contribution in [0, 0.1) is 19.7 Å². The van der Waals surface area contributed by atoms with Crippen LogP contribution in [0.15, 0.2) is 36.4 Å². The van der Waals surface area contributed by atoms with Gasteiger partial charge in [-0.1, -0.05) is 23.3 Å². The molecule has 1 aliphatic rings. The fourth-order valence-corrected chi connectivity index (χ4v) is 4.60. The molecular formula is C25H22FN7O4. The maximum atomic E-state index is 13.5. The summed E-state index contributed by atoms with van der Waals surface area (Å²) >= 11 is 0. The molecule has 1 aliphatic carbocycles. The minimum Gasteiger partial charge on any atom is -0.478 e. The summed E-state index contributed by atoms with van der Waals surface area (Å²) in [5.74, 6) is -2.42. The fraction of sp³-hybridized carbons (Fsp3) is 0.240. The van der Waals surface area contributed by atoms with Crippen LogP contribution < -0.4 is 10.6 Å². The van der Waals surface area contributed by atoms with Gasteiger partial charge in [0.05, 0.1) is 11.6 Å². The van der Waals surface area contributed by atoms with E-state index in [1.54, 1.807) is 32.0 Å². The van der Waals surface area contributed by atoms with Crippen LogP contribution in [0.2, 0.25) is 0 Å². The average molecular weight is 503 g/mol. The van der Waals surface area contributed by atoms with E-state index in [2.05, 4.69) is 31.1 Å². The smallest absolute Gasteiger partial charge is 0.335 e. The van der Waals surface area contributed by atoms with Crippen LogP contribution in [0.4, 0.5) is 4.39 Å². The second kappa shape index (κ2) is 9.37. The van der Waals surface area contributed by atoms with Crippen LogP contribution in [-0.4, -0.2) is 47.9 Å². The molecule has 2 amide bonds. The van der Waals surface area contributed by atoms with Crippen LogP contribution in [0.5, 0.6) is 0 Å². The van der Waals surface area contributed by atoms with Crippen molar-refractivity contribution in [1.29, 1.82) is 0 Å². The number of carbonyl (C=O) groups is 3.